The standard InChI is InChI=1S/C21H30N4O2S/c1-14(2)13-23-9-11-24(12-10-23)21(27)18-15(3)17-19(28-18)22-16-7-5-4-6-8-25(16)20(17)26/h14H,4-13H2,1-3H3. The molecule has 2 aliphatic heterocycles. The minimum absolute atomic E-state index is 0.0384. The maximum atomic E-state index is 13.2. The molecule has 0 aliphatic carbocycles. The fourth-order valence-electron chi connectivity index (χ4n) is 4.41. The zero-order chi connectivity index (χ0) is 19.8. The van der Waals surface area contributed by atoms with E-state index in [0.29, 0.717) is 16.2 Å². The van der Waals surface area contributed by atoms with Crippen molar-refractivity contribution in [2.75, 3.05) is 32.7 Å². The summed E-state index contributed by atoms with van der Waals surface area (Å²) >= 11 is 1.40. The van der Waals surface area contributed by atoms with Gasteiger partial charge in [0.05, 0.1) is 10.3 Å². The van der Waals surface area contributed by atoms with Crippen LogP contribution >= 0.6 is 11.3 Å². The minimum atomic E-state index is 0.0384. The lowest BCUT2D eigenvalue weighted by atomic mass is 10.1. The molecule has 0 saturated carbocycles. The average Bonchev–Trinajstić information content (AvgIpc) is 2.83. The van der Waals surface area contributed by atoms with Crippen LogP contribution < -0.4 is 5.56 Å². The van der Waals surface area contributed by atoms with Crippen molar-refractivity contribution in [1.29, 1.82) is 0 Å². The number of nitrogens with zero attached hydrogens (tertiary/aromatic N) is 4. The number of thiophene rings is 1. The fraction of sp³-hybridized carbons (Fsp3) is 0.667. The van der Waals surface area contributed by atoms with Gasteiger partial charge in [-0.1, -0.05) is 20.3 Å². The Balaban J connectivity index is 1.61. The zero-order valence-electron chi connectivity index (χ0n) is 17.2. The topological polar surface area (TPSA) is 58.4 Å². The predicted molar refractivity (Wildman–Crippen MR) is 113 cm³/mol. The molecule has 0 aromatic carbocycles. The van der Waals surface area contributed by atoms with Crippen molar-refractivity contribution in [2.24, 2.45) is 5.92 Å². The molecule has 7 heteroatoms. The van der Waals surface area contributed by atoms with Gasteiger partial charge in [0.1, 0.15) is 10.7 Å². The Morgan fingerprint density at radius 2 is 1.86 bits per heavy atom. The molecule has 1 saturated heterocycles. The molecule has 1 amide bonds. The van der Waals surface area contributed by atoms with Crippen molar-refractivity contribution >= 4 is 27.5 Å². The van der Waals surface area contributed by atoms with Crippen LogP contribution in [0.15, 0.2) is 4.79 Å². The molecule has 28 heavy (non-hydrogen) atoms. The molecule has 0 bridgehead atoms. The SMILES string of the molecule is Cc1c(C(=O)N2CCN(CC(C)C)CC2)sc2nc3n(c(=O)c12)CCCCC3. The third-order valence-electron chi connectivity index (χ3n) is 5.89. The second-order valence-corrected chi connectivity index (χ2v) is 9.52. The molecule has 2 aromatic rings. The summed E-state index contributed by atoms with van der Waals surface area (Å²) < 4.78 is 1.84. The Labute approximate surface area is 170 Å². The molecule has 0 atom stereocenters. The van der Waals surface area contributed by atoms with Gasteiger partial charge in [-0.2, -0.15) is 0 Å². The Hall–Kier alpha value is -1.73. The summed E-state index contributed by atoms with van der Waals surface area (Å²) in [6, 6.07) is 0. The molecule has 152 valence electrons. The van der Waals surface area contributed by atoms with Crippen LogP contribution in [-0.2, 0) is 13.0 Å². The highest BCUT2D eigenvalue weighted by Crippen LogP contribution is 2.29. The van der Waals surface area contributed by atoms with Gasteiger partial charge in [0.2, 0.25) is 0 Å². The largest absolute Gasteiger partial charge is 0.335 e. The van der Waals surface area contributed by atoms with Crippen molar-refractivity contribution in [3.63, 3.8) is 0 Å². The van der Waals surface area contributed by atoms with Gasteiger partial charge in [-0.3, -0.25) is 19.1 Å². The molecule has 1 fully saturated rings. The molecule has 0 unspecified atom stereocenters. The zero-order valence-corrected chi connectivity index (χ0v) is 18.0. The van der Waals surface area contributed by atoms with Crippen LogP contribution in [0.1, 0.15) is 54.2 Å². The van der Waals surface area contributed by atoms with Gasteiger partial charge < -0.3 is 4.90 Å². The van der Waals surface area contributed by atoms with Gasteiger partial charge in [-0.05, 0) is 31.2 Å². The van der Waals surface area contributed by atoms with Crippen LogP contribution in [0.5, 0.6) is 0 Å². The van der Waals surface area contributed by atoms with Gasteiger partial charge >= 0.3 is 0 Å². The second-order valence-electron chi connectivity index (χ2n) is 8.52. The van der Waals surface area contributed by atoms with Gasteiger partial charge in [0, 0.05) is 45.7 Å². The summed E-state index contributed by atoms with van der Waals surface area (Å²) in [6.07, 6.45) is 4.09. The van der Waals surface area contributed by atoms with E-state index in [0.717, 1.165) is 81.2 Å². The third-order valence-corrected chi connectivity index (χ3v) is 7.06. The third kappa shape index (κ3) is 3.62. The monoisotopic (exact) mass is 402 g/mol. The van der Waals surface area contributed by atoms with Gasteiger partial charge in [0.15, 0.2) is 0 Å². The summed E-state index contributed by atoms with van der Waals surface area (Å²) in [5, 5.41) is 0.650. The number of piperazine rings is 1. The van der Waals surface area contributed by atoms with Crippen LogP contribution in [0.25, 0.3) is 10.2 Å². The number of fused-ring (bicyclic) bond motifs is 2. The summed E-state index contributed by atoms with van der Waals surface area (Å²) in [5.41, 5.74) is 0.850. The lowest BCUT2D eigenvalue weighted by Crippen LogP contribution is -2.49. The Morgan fingerprint density at radius 1 is 1.11 bits per heavy atom. The van der Waals surface area contributed by atoms with E-state index in [1.54, 1.807) is 0 Å². The molecule has 6 nitrogen and oxygen atoms in total. The molecule has 4 rings (SSSR count). The number of hydrogen-bond acceptors (Lipinski definition) is 5. The average molecular weight is 403 g/mol. The van der Waals surface area contributed by atoms with Crippen LogP contribution in [-0.4, -0.2) is 58.0 Å². The predicted octanol–water partition coefficient (Wildman–Crippen LogP) is 2.91. The van der Waals surface area contributed by atoms with E-state index in [-0.39, 0.29) is 11.5 Å². The van der Waals surface area contributed by atoms with Gasteiger partial charge in [0.25, 0.3) is 11.5 Å². The molecule has 0 radical (unpaired) electrons. The van der Waals surface area contributed by atoms with Gasteiger partial charge in [-0.15, -0.1) is 11.3 Å². The van der Waals surface area contributed by atoms with Crippen LogP contribution in [0.2, 0.25) is 0 Å². The summed E-state index contributed by atoms with van der Waals surface area (Å²) in [7, 11) is 0. The van der Waals surface area contributed by atoms with Crippen molar-refractivity contribution in [1.82, 2.24) is 19.4 Å². The Kier molecular flexibility index (Phi) is 5.56. The summed E-state index contributed by atoms with van der Waals surface area (Å²) in [6.45, 7) is 11.5. The second kappa shape index (κ2) is 7.95. The van der Waals surface area contributed by atoms with E-state index in [4.69, 9.17) is 4.98 Å². The van der Waals surface area contributed by atoms with E-state index < -0.39 is 0 Å². The molecule has 0 N–H and O–H groups in total. The highest BCUT2D eigenvalue weighted by atomic mass is 32.1. The molecule has 0 spiro atoms. The van der Waals surface area contributed by atoms with E-state index in [2.05, 4.69) is 18.7 Å². The molecule has 4 heterocycles. The number of hydrogen-bond donors (Lipinski definition) is 0. The summed E-state index contributed by atoms with van der Waals surface area (Å²) in [4.78, 5) is 36.9. The Bertz CT molecular complexity index is 938. The lowest BCUT2D eigenvalue weighted by Gasteiger charge is -2.35. The van der Waals surface area contributed by atoms with Crippen molar-refractivity contribution < 1.29 is 4.79 Å². The highest BCUT2D eigenvalue weighted by molar-refractivity contribution is 7.20. The summed E-state index contributed by atoms with van der Waals surface area (Å²) in [5.74, 6) is 1.59. The van der Waals surface area contributed by atoms with Crippen LogP contribution in [0, 0.1) is 12.8 Å². The molecular formula is C21H30N4O2S. The first-order chi connectivity index (χ1) is 13.5. The fourth-order valence-corrected chi connectivity index (χ4v) is 5.57. The number of aromatic nitrogens is 2. The van der Waals surface area contributed by atoms with E-state index in [1.807, 2.05) is 16.4 Å². The van der Waals surface area contributed by atoms with Crippen LogP contribution in [0.3, 0.4) is 0 Å². The first-order valence-electron chi connectivity index (χ1n) is 10.5. The highest BCUT2D eigenvalue weighted by Gasteiger charge is 2.27. The maximum absolute atomic E-state index is 13.2. The normalized spacial score (nSPS) is 18.5. The number of amides is 1. The van der Waals surface area contributed by atoms with Gasteiger partial charge in [-0.25, -0.2) is 4.98 Å². The number of carbonyl (C=O) groups excluding carboxylic acids is 1. The lowest BCUT2D eigenvalue weighted by molar-refractivity contribution is 0.0628. The van der Waals surface area contributed by atoms with Crippen molar-refractivity contribution in [3.05, 3.63) is 26.6 Å². The quantitative estimate of drug-likeness (QED) is 0.792. The molecule has 2 aliphatic rings. The smallest absolute Gasteiger partial charge is 0.264 e. The van der Waals surface area contributed by atoms with E-state index >= 15 is 0 Å². The number of carbonyl (C=O) groups is 1. The molecular weight excluding hydrogens is 372 g/mol. The Morgan fingerprint density at radius 3 is 2.57 bits per heavy atom. The van der Waals surface area contributed by atoms with Crippen LogP contribution in [0.4, 0.5) is 0 Å². The maximum Gasteiger partial charge on any atom is 0.264 e. The van der Waals surface area contributed by atoms with Crippen molar-refractivity contribution in [3.8, 4) is 0 Å². The molecule has 2 aromatic heterocycles. The number of aryl methyl sites for hydroxylation is 2. The van der Waals surface area contributed by atoms with E-state index in [1.165, 1.54) is 11.3 Å². The van der Waals surface area contributed by atoms with Crippen molar-refractivity contribution in [2.45, 2.75) is 53.0 Å². The van der Waals surface area contributed by atoms with E-state index in [9.17, 15) is 9.59 Å². The minimum Gasteiger partial charge on any atom is -0.335 e. The number of rotatable bonds is 3. The first kappa shape index (κ1) is 19.6. The first-order valence-corrected chi connectivity index (χ1v) is 11.3.